The van der Waals surface area contributed by atoms with Gasteiger partial charge < -0.3 is 9.47 Å². The number of hydrogen-bond donors (Lipinski definition) is 1. The first-order chi connectivity index (χ1) is 14.0. The number of methoxy groups -OCH3 is 1. The number of anilines is 1. The predicted molar refractivity (Wildman–Crippen MR) is 119 cm³/mol. The van der Waals surface area contributed by atoms with Crippen molar-refractivity contribution < 1.29 is 14.3 Å². The Kier molecular flexibility index (Phi) is 7.16. The van der Waals surface area contributed by atoms with Gasteiger partial charge >= 0.3 is 0 Å². The zero-order valence-electron chi connectivity index (χ0n) is 15.9. The summed E-state index contributed by atoms with van der Waals surface area (Å²) in [5.41, 5.74) is 3.65. The van der Waals surface area contributed by atoms with Gasteiger partial charge in [-0.15, -0.1) is 0 Å². The fourth-order valence-corrected chi connectivity index (χ4v) is 3.14. The highest BCUT2D eigenvalue weighted by Crippen LogP contribution is 2.26. The molecule has 7 heteroatoms. The van der Waals surface area contributed by atoms with Gasteiger partial charge in [-0.05, 0) is 72.8 Å². The molecule has 0 saturated heterocycles. The largest absolute Gasteiger partial charge is 0.497 e. The van der Waals surface area contributed by atoms with Gasteiger partial charge in [-0.3, -0.25) is 10.2 Å². The molecule has 0 heterocycles. The van der Waals surface area contributed by atoms with Gasteiger partial charge in [-0.25, -0.2) is 0 Å². The van der Waals surface area contributed by atoms with Crippen LogP contribution in [0.2, 0.25) is 5.02 Å². The smallest absolute Gasteiger partial charge is 0.186 e. The van der Waals surface area contributed by atoms with Crippen LogP contribution in [0.4, 0.5) is 5.69 Å². The van der Waals surface area contributed by atoms with Crippen LogP contribution in [0, 0.1) is 0 Å². The quantitative estimate of drug-likeness (QED) is 0.209. The van der Waals surface area contributed by atoms with Gasteiger partial charge in [-0.1, -0.05) is 23.4 Å². The van der Waals surface area contributed by atoms with E-state index < -0.39 is 0 Å². The highest BCUT2D eigenvalue weighted by atomic mass is 35.5. The van der Waals surface area contributed by atoms with Crippen molar-refractivity contribution in [1.82, 2.24) is 0 Å². The van der Waals surface area contributed by atoms with Crippen molar-refractivity contribution in [1.29, 1.82) is 0 Å². The minimum atomic E-state index is -0.128. The molecule has 0 amide bonds. The Labute approximate surface area is 178 Å². The maximum absolute atomic E-state index is 11.9. The Bertz CT molecular complexity index is 988. The Hall–Kier alpha value is -2.96. The molecule has 0 aliphatic heterocycles. The number of hydrogen-bond acceptors (Lipinski definition) is 6. The van der Waals surface area contributed by atoms with E-state index in [4.69, 9.17) is 21.1 Å². The van der Waals surface area contributed by atoms with Crippen LogP contribution in [0.5, 0.6) is 17.2 Å². The highest BCUT2D eigenvalue weighted by molar-refractivity contribution is 8.15. The molecule has 0 saturated carbocycles. The van der Waals surface area contributed by atoms with Crippen molar-refractivity contribution in [2.24, 2.45) is 5.10 Å². The molecule has 3 rings (SSSR count). The third-order valence-electron chi connectivity index (χ3n) is 3.77. The third kappa shape index (κ3) is 6.27. The lowest BCUT2D eigenvalue weighted by atomic mass is 10.3. The second-order valence-corrected chi connectivity index (χ2v) is 7.44. The summed E-state index contributed by atoms with van der Waals surface area (Å²) in [5.74, 6) is 2.04. The molecule has 0 radical (unpaired) electrons. The van der Waals surface area contributed by atoms with Crippen LogP contribution in [0.15, 0.2) is 82.8 Å². The number of benzene rings is 3. The molecule has 0 aliphatic carbocycles. The van der Waals surface area contributed by atoms with Gasteiger partial charge in [-0.2, -0.15) is 5.10 Å². The molecule has 3 aromatic carbocycles. The van der Waals surface area contributed by atoms with E-state index in [1.807, 2.05) is 60.7 Å². The number of Topliss-reactive ketones (excluding diaryl/α,β-unsaturated/α-hetero) is 1. The van der Waals surface area contributed by atoms with Gasteiger partial charge in [0.05, 0.1) is 12.8 Å². The van der Waals surface area contributed by atoms with Crippen molar-refractivity contribution in [2.75, 3.05) is 12.5 Å². The second kappa shape index (κ2) is 10.0. The van der Waals surface area contributed by atoms with E-state index in [0.29, 0.717) is 21.6 Å². The summed E-state index contributed by atoms with van der Waals surface area (Å²) in [6, 6.07) is 21.9. The number of thioether (sulfide) groups is 1. The third-order valence-corrected chi connectivity index (χ3v) is 5.10. The standard InChI is InChI=1S/C22H19ClN2O3S/c1-15(26)22(29-21-13-3-16(23)4-14-21)25-24-17-5-7-19(8-6-17)28-20-11-9-18(27-2)10-12-20/h3-14,24H,1-2H3. The number of rotatable bonds is 7. The number of nitrogens with one attached hydrogen (secondary N) is 1. The van der Waals surface area contributed by atoms with Gasteiger partial charge in [0.25, 0.3) is 0 Å². The van der Waals surface area contributed by atoms with Gasteiger partial charge in [0.15, 0.2) is 10.8 Å². The van der Waals surface area contributed by atoms with E-state index in [-0.39, 0.29) is 5.78 Å². The highest BCUT2D eigenvalue weighted by Gasteiger charge is 2.09. The fourth-order valence-electron chi connectivity index (χ4n) is 2.28. The molecule has 0 fully saturated rings. The zero-order valence-corrected chi connectivity index (χ0v) is 17.5. The van der Waals surface area contributed by atoms with Crippen molar-refractivity contribution in [3.8, 4) is 17.2 Å². The monoisotopic (exact) mass is 426 g/mol. The Morgan fingerprint density at radius 1 is 0.897 bits per heavy atom. The Morgan fingerprint density at radius 3 is 2.00 bits per heavy atom. The van der Waals surface area contributed by atoms with E-state index in [1.165, 1.54) is 18.7 Å². The number of ketones is 1. The molecule has 148 valence electrons. The molecule has 0 aromatic heterocycles. The van der Waals surface area contributed by atoms with Crippen molar-refractivity contribution in [2.45, 2.75) is 11.8 Å². The predicted octanol–water partition coefficient (Wildman–Crippen LogP) is 6.25. The summed E-state index contributed by atoms with van der Waals surface area (Å²) < 4.78 is 10.9. The van der Waals surface area contributed by atoms with Crippen LogP contribution in [0.1, 0.15) is 6.92 Å². The van der Waals surface area contributed by atoms with E-state index in [2.05, 4.69) is 10.5 Å². The molecular weight excluding hydrogens is 408 g/mol. The van der Waals surface area contributed by atoms with Crippen LogP contribution < -0.4 is 14.9 Å². The first-order valence-corrected chi connectivity index (χ1v) is 9.93. The minimum absolute atomic E-state index is 0.128. The minimum Gasteiger partial charge on any atom is -0.497 e. The molecular formula is C22H19ClN2O3S. The van der Waals surface area contributed by atoms with E-state index >= 15 is 0 Å². The Morgan fingerprint density at radius 2 is 1.45 bits per heavy atom. The van der Waals surface area contributed by atoms with Crippen LogP contribution in [0.3, 0.4) is 0 Å². The van der Waals surface area contributed by atoms with Gasteiger partial charge in [0.1, 0.15) is 17.2 Å². The number of nitrogens with zero attached hydrogens (tertiary/aromatic N) is 1. The average Bonchev–Trinajstić information content (AvgIpc) is 2.74. The summed E-state index contributed by atoms with van der Waals surface area (Å²) in [7, 11) is 1.62. The number of carbonyl (C=O) groups is 1. The Balaban J connectivity index is 1.63. The molecule has 0 unspecified atom stereocenters. The van der Waals surface area contributed by atoms with Crippen LogP contribution in [-0.4, -0.2) is 17.9 Å². The van der Waals surface area contributed by atoms with E-state index in [1.54, 1.807) is 19.2 Å². The van der Waals surface area contributed by atoms with E-state index in [0.717, 1.165) is 16.3 Å². The lowest BCUT2D eigenvalue weighted by Crippen LogP contribution is -2.08. The molecule has 3 aromatic rings. The summed E-state index contributed by atoms with van der Waals surface area (Å²) in [5, 5.41) is 5.23. The number of halogens is 1. The maximum atomic E-state index is 11.9. The van der Waals surface area contributed by atoms with Crippen LogP contribution in [0.25, 0.3) is 0 Å². The van der Waals surface area contributed by atoms with Gasteiger partial charge in [0, 0.05) is 16.8 Å². The number of carbonyl (C=O) groups excluding carboxylic acids is 1. The summed E-state index contributed by atoms with van der Waals surface area (Å²) >= 11 is 7.17. The van der Waals surface area contributed by atoms with Gasteiger partial charge in [0.2, 0.25) is 0 Å². The molecule has 0 aliphatic rings. The lowest BCUT2D eigenvalue weighted by molar-refractivity contribution is -0.110. The summed E-state index contributed by atoms with van der Waals surface area (Å²) in [6.45, 7) is 1.48. The second-order valence-electron chi connectivity index (χ2n) is 5.94. The number of hydrazone groups is 1. The maximum Gasteiger partial charge on any atom is 0.186 e. The summed E-state index contributed by atoms with van der Waals surface area (Å²) in [6.07, 6.45) is 0. The van der Waals surface area contributed by atoms with E-state index in [9.17, 15) is 4.79 Å². The first-order valence-electron chi connectivity index (χ1n) is 8.73. The molecule has 0 atom stereocenters. The van der Waals surface area contributed by atoms with Crippen LogP contribution >= 0.6 is 23.4 Å². The lowest BCUT2D eigenvalue weighted by Gasteiger charge is -2.08. The first kappa shape index (κ1) is 20.8. The van der Waals surface area contributed by atoms with Crippen molar-refractivity contribution >= 4 is 39.9 Å². The molecule has 0 bridgehead atoms. The number of ether oxygens (including phenoxy) is 2. The zero-order chi connectivity index (χ0) is 20.6. The molecule has 0 spiro atoms. The summed E-state index contributed by atoms with van der Waals surface area (Å²) in [4.78, 5) is 12.8. The fraction of sp³-hybridized carbons (Fsp3) is 0.0909. The SMILES string of the molecule is COc1ccc(Oc2ccc(NN=C(Sc3ccc(Cl)cc3)C(C)=O)cc2)cc1. The van der Waals surface area contributed by atoms with Crippen molar-refractivity contribution in [3.05, 3.63) is 77.8 Å². The van der Waals surface area contributed by atoms with Crippen LogP contribution in [-0.2, 0) is 4.79 Å². The average molecular weight is 427 g/mol. The van der Waals surface area contributed by atoms with Crippen molar-refractivity contribution in [3.63, 3.8) is 0 Å². The normalized spacial score (nSPS) is 11.1. The molecule has 1 N–H and O–H groups in total. The molecule has 5 nitrogen and oxygen atoms in total. The molecule has 29 heavy (non-hydrogen) atoms. The topological polar surface area (TPSA) is 59.9 Å².